The molecule has 0 bridgehead atoms. The smallest absolute Gasteiger partial charge is 0.469 e. The quantitative estimate of drug-likeness (QED) is 0.629. The van der Waals surface area contributed by atoms with Crippen molar-refractivity contribution in [2.24, 2.45) is 0 Å². The fourth-order valence-electron chi connectivity index (χ4n) is 2.30. The van der Waals surface area contributed by atoms with Crippen LogP contribution in [0.2, 0.25) is 0 Å². The van der Waals surface area contributed by atoms with Gasteiger partial charge in [0.2, 0.25) is 0 Å². The Morgan fingerprint density at radius 2 is 1.71 bits per heavy atom. The second-order valence-electron chi connectivity index (χ2n) is 6.36. The molecule has 1 saturated heterocycles. The van der Waals surface area contributed by atoms with E-state index in [1.807, 2.05) is 52.0 Å². The van der Waals surface area contributed by atoms with Gasteiger partial charge in [0.15, 0.2) is 0 Å². The molecule has 0 unspecified atom stereocenters. The summed E-state index contributed by atoms with van der Waals surface area (Å²) in [6.07, 6.45) is 0.972. The van der Waals surface area contributed by atoms with Crippen molar-refractivity contribution in [3.8, 4) is 0 Å². The maximum absolute atomic E-state index is 11.3. The van der Waals surface area contributed by atoms with Crippen molar-refractivity contribution in [1.82, 2.24) is 0 Å². The molecule has 2 rings (SSSR count). The van der Waals surface area contributed by atoms with E-state index in [2.05, 4.69) is 0 Å². The number of hydrogen-bond donors (Lipinski definition) is 0. The monoisotopic (exact) mass is 290 g/mol. The van der Waals surface area contributed by atoms with Crippen LogP contribution in [-0.4, -0.2) is 31.4 Å². The Morgan fingerprint density at radius 1 is 1.14 bits per heavy atom. The summed E-state index contributed by atoms with van der Waals surface area (Å²) in [6, 6.07) is 7.92. The molecule has 0 spiro atoms. The van der Waals surface area contributed by atoms with Crippen molar-refractivity contribution < 1.29 is 18.8 Å². The Balaban J connectivity index is 2.20. The molecule has 21 heavy (non-hydrogen) atoms. The standard InChI is InChI=1S/C16H23BO4/c1-15(2)16(3,4)21-17(20-15)13-9-7-6-8-12(13)10-11-14(18)19-5/h6-9H,10-11H2,1-5H3. The third-order valence-corrected chi connectivity index (χ3v) is 4.39. The van der Waals surface area contributed by atoms with Gasteiger partial charge in [-0.1, -0.05) is 24.3 Å². The maximum Gasteiger partial charge on any atom is 0.495 e. The Morgan fingerprint density at radius 3 is 2.29 bits per heavy atom. The molecule has 114 valence electrons. The molecule has 0 amide bonds. The van der Waals surface area contributed by atoms with Gasteiger partial charge in [0.25, 0.3) is 0 Å². The topological polar surface area (TPSA) is 44.8 Å². The zero-order valence-electron chi connectivity index (χ0n) is 13.4. The van der Waals surface area contributed by atoms with Crippen LogP contribution < -0.4 is 5.46 Å². The number of methoxy groups -OCH3 is 1. The molecule has 1 heterocycles. The van der Waals surface area contributed by atoms with Gasteiger partial charge >= 0.3 is 13.1 Å². The van der Waals surface area contributed by atoms with E-state index in [-0.39, 0.29) is 17.2 Å². The zero-order valence-corrected chi connectivity index (χ0v) is 13.4. The number of benzene rings is 1. The molecule has 0 atom stereocenters. The number of hydrogen-bond acceptors (Lipinski definition) is 4. The molecule has 5 heteroatoms. The first-order valence-corrected chi connectivity index (χ1v) is 7.27. The Bertz CT molecular complexity index is 509. The molecular formula is C16H23BO4. The summed E-state index contributed by atoms with van der Waals surface area (Å²) >= 11 is 0. The van der Waals surface area contributed by atoms with E-state index in [4.69, 9.17) is 14.0 Å². The predicted molar refractivity (Wildman–Crippen MR) is 82.5 cm³/mol. The minimum Gasteiger partial charge on any atom is -0.469 e. The molecule has 0 saturated carbocycles. The molecule has 1 aliphatic heterocycles. The lowest BCUT2D eigenvalue weighted by atomic mass is 9.75. The van der Waals surface area contributed by atoms with E-state index in [0.29, 0.717) is 12.8 Å². The van der Waals surface area contributed by atoms with Crippen molar-refractivity contribution in [3.63, 3.8) is 0 Å². The second-order valence-corrected chi connectivity index (χ2v) is 6.36. The maximum atomic E-state index is 11.3. The summed E-state index contributed by atoms with van der Waals surface area (Å²) in [7, 11) is 1.01. The lowest BCUT2D eigenvalue weighted by Crippen LogP contribution is -2.41. The molecule has 1 aromatic rings. The Labute approximate surface area is 126 Å². The van der Waals surface area contributed by atoms with Crippen molar-refractivity contribution in [2.75, 3.05) is 7.11 Å². The van der Waals surface area contributed by atoms with Crippen molar-refractivity contribution in [2.45, 2.75) is 51.7 Å². The number of esters is 1. The first-order valence-electron chi connectivity index (χ1n) is 7.27. The van der Waals surface area contributed by atoms with E-state index in [1.54, 1.807) is 0 Å². The zero-order chi connectivity index (χ0) is 15.7. The summed E-state index contributed by atoms with van der Waals surface area (Å²) in [4.78, 5) is 11.3. The SMILES string of the molecule is COC(=O)CCc1ccccc1B1OC(C)(C)C(C)(C)O1. The van der Waals surface area contributed by atoms with Gasteiger partial charge in [-0.15, -0.1) is 0 Å². The summed E-state index contributed by atoms with van der Waals surface area (Å²) in [5.41, 5.74) is 1.31. The summed E-state index contributed by atoms with van der Waals surface area (Å²) < 4.78 is 16.9. The summed E-state index contributed by atoms with van der Waals surface area (Å²) in [5.74, 6) is -0.210. The third kappa shape index (κ3) is 3.30. The molecule has 0 aliphatic carbocycles. The van der Waals surface area contributed by atoms with Gasteiger partial charge in [0.05, 0.1) is 18.3 Å². The predicted octanol–water partition coefficient (Wildman–Crippen LogP) is 2.09. The number of rotatable bonds is 4. The van der Waals surface area contributed by atoms with Crippen LogP contribution >= 0.6 is 0 Å². The normalized spacial score (nSPS) is 19.6. The van der Waals surface area contributed by atoms with E-state index < -0.39 is 7.12 Å². The summed E-state index contributed by atoms with van der Waals surface area (Å²) in [5, 5.41) is 0. The van der Waals surface area contributed by atoms with Gasteiger partial charge in [0.1, 0.15) is 0 Å². The Kier molecular flexibility index (Phi) is 4.44. The van der Waals surface area contributed by atoms with E-state index in [1.165, 1.54) is 7.11 Å². The molecule has 1 aromatic carbocycles. The molecule has 0 N–H and O–H groups in total. The highest BCUT2D eigenvalue weighted by molar-refractivity contribution is 6.62. The summed E-state index contributed by atoms with van der Waals surface area (Å²) in [6.45, 7) is 8.13. The molecular weight excluding hydrogens is 267 g/mol. The lowest BCUT2D eigenvalue weighted by molar-refractivity contribution is -0.140. The first kappa shape index (κ1) is 16.1. The number of carbonyl (C=O) groups is 1. The van der Waals surface area contributed by atoms with Crippen molar-refractivity contribution >= 4 is 18.6 Å². The van der Waals surface area contributed by atoms with Crippen LogP contribution in [-0.2, 0) is 25.3 Å². The van der Waals surface area contributed by atoms with Crippen molar-refractivity contribution in [3.05, 3.63) is 29.8 Å². The second kappa shape index (κ2) is 5.81. The number of carbonyl (C=O) groups excluding carboxylic acids is 1. The van der Waals surface area contributed by atoms with Crippen LogP contribution in [0.5, 0.6) is 0 Å². The average Bonchev–Trinajstić information content (AvgIpc) is 2.65. The highest BCUT2D eigenvalue weighted by Gasteiger charge is 2.52. The van der Waals surface area contributed by atoms with E-state index in [0.717, 1.165) is 11.0 Å². The van der Waals surface area contributed by atoms with E-state index in [9.17, 15) is 4.79 Å². The largest absolute Gasteiger partial charge is 0.495 e. The van der Waals surface area contributed by atoms with Gasteiger partial charge in [0, 0.05) is 6.42 Å². The van der Waals surface area contributed by atoms with Crippen LogP contribution in [0.4, 0.5) is 0 Å². The molecule has 1 aliphatic rings. The molecule has 4 nitrogen and oxygen atoms in total. The highest BCUT2D eigenvalue weighted by Crippen LogP contribution is 2.36. The number of ether oxygens (including phenoxy) is 1. The van der Waals surface area contributed by atoms with E-state index >= 15 is 0 Å². The Hall–Kier alpha value is -1.33. The lowest BCUT2D eigenvalue weighted by Gasteiger charge is -2.32. The van der Waals surface area contributed by atoms with Crippen LogP contribution in [0.1, 0.15) is 39.7 Å². The molecule has 1 fully saturated rings. The van der Waals surface area contributed by atoms with Crippen molar-refractivity contribution in [1.29, 1.82) is 0 Å². The van der Waals surface area contributed by atoms with Gasteiger partial charge in [-0.3, -0.25) is 4.79 Å². The van der Waals surface area contributed by atoms with Gasteiger partial charge in [-0.25, -0.2) is 0 Å². The van der Waals surface area contributed by atoms with Gasteiger partial charge < -0.3 is 14.0 Å². The van der Waals surface area contributed by atoms with Crippen LogP contribution in [0.3, 0.4) is 0 Å². The fourth-order valence-corrected chi connectivity index (χ4v) is 2.30. The molecule has 0 radical (unpaired) electrons. The first-order chi connectivity index (χ1) is 9.77. The minimum absolute atomic E-state index is 0.210. The molecule has 0 aromatic heterocycles. The third-order valence-electron chi connectivity index (χ3n) is 4.39. The minimum atomic E-state index is -0.399. The fraction of sp³-hybridized carbons (Fsp3) is 0.562. The van der Waals surface area contributed by atoms with Gasteiger partial charge in [-0.05, 0) is 45.1 Å². The van der Waals surface area contributed by atoms with Gasteiger partial charge in [-0.2, -0.15) is 0 Å². The highest BCUT2D eigenvalue weighted by atomic mass is 16.7. The van der Waals surface area contributed by atoms with Crippen LogP contribution in [0, 0.1) is 0 Å². The number of aryl methyl sites for hydroxylation is 1. The van der Waals surface area contributed by atoms with Crippen LogP contribution in [0.15, 0.2) is 24.3 Å². The average molecular weight is 290 g/mol. The van der Waals surface area contributed by atoms with Crippen LogP contribution in [0.25, 0.3) is 0 Å².